The molecule has 1 rings (SSSR count). The van der Waals surface area contributed by atoms with Crippen molar-refractivity contribution in [3.05, 3.63) is 0 Å². The zero-order chi connectivity index (χ0) is 11.9. The first-order valence-corrected chi connectivity index (χ1v) is 6.32. The Morgan fingerprint density at radius 1 is 1.13 bits per heavy atom. The van der Waals surface area contributed by atoms with Crippen LogP contribution in [0, 0.1) is 10.8 Å². The molecule has 1 aliphatic carbocycles. The minimum absolute atomic E-state index is 0.253. The quantitative estimate of drug-likeness (QED) is 0.741. The van der Waals surface area contributed by atoms with Gasteiger partial charge in [-0.25, -0.2) is 0 Å². The molecule has 15 heavy (non-hydrogen) atoms. The molecule has 1 N–H and O–H groups in total. The Bertz CT molecular complexity index is 218. The molecule has 0 aromatic rings. The third-order valence-electron chi connectivity index (χ3n) is 3.66. The highest BCUT2D eigenvalue weighted by Gasteiger charge is 2.44. The predicted molar refractivity (Wildman–Crippen MR) is 68.1 cm³/mol. The highest BCUT2D eigenvalue weighted by atomic mass is 15.0. The Labute approximate surface area is 96.0 Å². The molecule has 0 radical (unpaired) electrons. The van der Waals surface area contributed by atoms with E-state index in [1.165, 1.54) is 19.3 Å². The molecule has 1 heteroatoms. The van der Waals surface area contributed by atoms with Gasteiger partial charge in [-0.05, 0) is 50.9 Å². The summed E-state index contributed by atoms with van der Waals surface area (Å²) in [5, 5.41) is 3.82. The molecule has 0 aromatic carbocycles. The van der Waals surface area contributed by atoms with Gasteiger partial charge in [0.05, 0.1) is 0 Å². The maximum Gasteiger partial charge on any atom is 0.0132 e. The second-order valence-electron chi connectivity index (χ2n) is 7.64. The van der Waals surface area contributed by atoms with Gasteiger partial charge in [-0.3, -0.25) is 0 Å². The summed E-state index contributed by atoms with van der Waals surface area (Å²) < 4.78 is 0. The van der Waals surface area contributed by atoms with Gasteiger partial charge in [-0.15, -0.1) is 0 Å². The molecule has 1 atom stereocenters. The van der Waals surface area contributed by atoms with Crippen molar-refractivity contribution >= 4 is 0 Å². The van der Waals surface area contributed by atoms with E-state index in [1.54, 1.807) is 0 Å². The molecule has 0 amide bonds. The van der Waals surface area contributed by atoms with Crippen molar-refractivity contribution in [2.75, 3.05) is 0 Å². The summed E-state index contributed by atoms with van der Waals surface area (Å²) in [7, 11) is 0. The third-order valence-corrected chi connectivity index (χ3v) is 3.66. The summed E-state index contributed by atoms with van der Waals surface area (Å²) in [6.45, 7) is 16.4. The lowest BCUT2D eigenvalue weighted by molar-refractivity contribution is 0.202. The molecule has 1 nitrogen and oxygen atoms in total. The van der Waals surface area contributed by atoms with Gasteiger partial charge in [0.25, 0.3) is 0 Å². The van der Waals surface area contributed by atoms with Crippen LogP contribution in [0.15, 0.2) is 0 Å². The van der Waals surface area contributed by atoms with Gasteiger partial charge in [0.15, 0.2) is 0 Å². The second kappa shape index (κ2) is 3.76. The third kappa shape index (κ3) is 4.14. The smallest absolute Gasteiger partial charge is 0.0132 e. The molecule has 0 spiro atoms. The van der Waals surface area contributed by atoms with Crippen molar-refractivity contribution in [2.45, 2.75) is 79.3 Å². The lowest BCUT2D eigenvalue weighted by atomic mass is 9.81. The van der Waals surface area contributed by atoms with E-state index in [-0.39, 0.29) is 5.54 Å². The number of rotatable bonds is 4. The largest absolute Gasteiger partial charge is 0.309 e. The van der Waals surface area contributed by atoms with E-state index in [1.807, 2.05) is 0 Å². The van der Waals surface area contributed by atoms with Crippen molar-refractivity contribution < 1.29 is 0 Å². The van der Waals surface area contributed by atoms with Crippen LogP contribution in [0.25, 0.3) is 0 Å². The Morgan fingerprint density at radius 2 is 1.60 bits per heavy atom. The molecule has 0 bridgehead atoms. The lowest BCUT2D eigenvalue weighted by Crippen LogP contribution is -2.49. The van der Waals surface area contributed by atoms with Crippen LogP contribution in [0.1, 0.15) is 67.7 Å². The normalized spacial score (nSPS) is 22.6. The van der Waals surface area contributed by atoms with Crippen LogP contribution in [0.4, 0.5) is 0 Å². The minimum atomic E-state index is 0.253. The van der Waals surface area contributed by atoms with Gasteiger partial charge in [-0.2, -0.15) is 0 Å². The highest BCUT2D eigenvalue weighted by Crippen LogP contribution is 2.48. The van der Waals surface area contributed by atoms with Crippen LogP contribution in [0.5, 0.6) is 0 Å². The Balaban J connectivity index is 2.48. The van der Waals surface area contributed by atoms with Gasteiger partial charge in [-0.1, -0.05) is 27.7 Å². The summed E-state index contributed by atoms with van der Waals surface area (Å²) in [4.78, 5) is 0. The number of hydrogen-bond donors (Lipinski definition) is 1. The summed E-state index contributed by atoms with van der Waals surface area (Å²) in [6, 6.07) is 0.648. The van der Waals surface area contributed by atoms with Gasteiger partial charge in [0, 0.05) is 11.6 Å². The second-order valence-corrected chi connectivity index (χ2v) is 7.64. The van der Waals surface area contributed by atoms with E-state index in [0.717, 1.165) is 0 Å². The zero-order valence-electron chi connectivity index (χ0n) is 11.7. The van der Waals surface area contributed by atoms with Crippen LogP contribution in [-0.4, -0.2) is 11.6 Å². The zero-order valence-corrected chi connectivity index (χ0v) is 11.7. The molecule has 90 valence electrons. The fourth-order valence-corrected chi connectivity index (χ4v) is 2.77. The molecule has 1 aliphatic rings. The van der Waals surface area contributed by atoms with Crippen LogP contribution >= 0.6 is 0 Å². The highest BCUT2D eigenvalue weighted by molar-refractivity contribution is 4.99. The predicted octanol–water partition coefficient (Wildman–Crippen LogP) is 3.98. The Morgan fingerprint density at radius 3 is 1.93 bits per heavy atom. The molecule has 1 fully saturated rings. The van der Waals surface area contributed by atoms with E-state index in [4.69, 9.17) is 0 Å². The van der Waals surface area contributed by atoms with E-state index >= 15 is 0 Å². The summed E-state index contributed by atoms with van der Waals surface area (Å²) >= 11 is 0. The first-order valence-electron chi connectivity index (χ1n) is 6.32. The monoisotopic (exact) mass is 211 g/mol. The topological polar surface area (TPSA) is 12.0 Å². The lowest BCUT2D eigenvalue weighted by Gasteiger charge is -2.37. The molecule has 1 saturated carbocycles. The minimum Gasteiger partial charge on any atom is -0.309 e. The van der Waals surface area contributed by atoms with E-state index in [9.17, 15) is 0 Å². The van der Waals surface area contributed by atoms with Crippen molar-refractivity contribution in [3.8, 4) is 0 Å². The van der Waals surface area contributed by atoms with Crippen molar-refractivity contribution in [1.29, 1.82) is 0 Å². The number of hydrogen-bond acceptors (Lipinski definition) is 1. The van der Waals surface area contributed by atoms with Crippen LogP contribution < -0.4 is 5.32 Å². The Kier molecular flexibility index (Phi) is 3.27. The van der Waals surface area contributed by atoms with E-state index in [2.05, 4.69) is 53.8 Å². The molecule has 0 heterocycles. The van der Waals surface area contributed by atoms with Gasteiger partial charge >= 0.3 is 0 Å². The Hall–Kier alpha value is -0.0400. The van der Waals surface area contributed by atoms with E-state index < -0.39 is 0 Å². The molecule has 1 unspecified atom stereocenters. The van der Waals surface area contributed by atoms with Crippen molar-refractivity contribution in [3.63, 3.8) is 0 Å². The fourth-order valence-electron chi connectivity index (χ4n) is 2.77. The first-order chi connectivity index (χ1) is 6.54. The molecular weight excluding hydrogens is 182 g/mol. The van der Waals surface area contributed by atoms with Gasteiger partial charge in [0.1, 0.15) is 0 Å². The summed E-state index contributed by atoms with van der Waals surface area (Å²) in [5.74, 6) is 0. The summed E-state index contributed by atoms with van der Waals surface area (Å²) in [5.41, 5.74) is 1.24. The molecule has 0 aliphatic heterocycles. The van der Waals surface area contributed by atoms with Crippen molar-refractivity contribution in [2.24, 2.45) is 10.8 Å². The van der Waals surface area contributed by atoms with Crippen LogP contribution in [0.2, 0.25) is 0 Å². The molecular formula is C14H29N. The first kappa shape index (κ1) is 13.0. The van der Waals surface area contributed by atoms with Crippen molar-refractivity contribution in [1.82, 2.24) is 5.32 Å². The SMILES string of the molecule is CC(NC(C)(C)CC(C)(C)C)C1(C)CC1. The summed E-state index contributed by atoms with van der Waals surface area (Å²) in [6.07, 6.45) is 4.01. The average molecular weight is 211 g/mol. The molecule has 0 saturated heterocycles. The molecule has 0 aromatic heterocycles. The number of nitrogens with one attached hydrogen (secondary N) is 1. The standard InChI is InChI=1S/C14H29N/c1-11(14(7)8-9-14)15-13(5,6)10-12(2,3)4/h11,15H,8-10H2,1-7H3. The van der Waals surface area contributed by atoms with Crippen LogP contribution in [-0.2, 0) is 0 Å². The van der Waals surface area contributed by atoms with Crippen LogP contribution in [0.3, 0.4) is 0 Å². The van der Waals surface area contributed by atoms with Gasteiger partial charge in [0.2, 0.25) is 0 Å². The average Bonchev–Trinajstić information content (AvgIpc) is 2.61. The van der Waals surface area contributed by atoms with E-state index in [0.29, 0.717) is 16.9 Å². The fraction of sp³-hybridized carbons (Fsp3) is 1.00. The maximum atomic E-state index is 3.82. The van der Waals surface area contributed by atoms with Gasteiger partial charge < -0.3 is 5.32 Å². The maximum absolute atomic E-state index is 3.82.